The molecule has 0 aliphatic rings. The molecule has 2 aromatic rings. The second-order valence-corrected chi connectivity index (χ2v) is 4.36. The molecule has 0 saturated carbocycles. The van der Waals surface area contributed by atoms with E-state index in [2.05, 4.69) is 5.32 Å². The van der Waals surface area contributed by atoms with Crippen LogP contribution in [0.4, 0.5) is 5.69 Å². The van der Waals surface area contributed by atoms with Gasteiger partial charge in [0.2, 0.25) is 0 Å². The van der Waals surface area contributed by atoms with Gasteiger partial charge in [0.15, 0.2) is 0 Å². The lowest BCUT2D eigenvalue weighted by atomic mass is 10.1. The van der Waals surface area contributed by atoms with Gasteiger partial charge in [0.25, 0.3) is 5.91 Å². The predicted octanol–water partition coefficient (Wildman–Crippen LogP) is 1.95. The summed E-state index contributed by atoms with van der Waals surface area (Å²) >= 11 is 0. The van der Waals surface area contributed by atoms with Crippen LogP contribution in [0, 0.1) is 11.3 Å². The van der Waals surface area contributed by atoms with E-state index in [-0.39, 0.29) is 5.91 Å². The summed E-state index contributed by atoms with van der Waals surface area (Å²) in [5.41, 5.74) is 7.29. The summed E-state index contributed by atoms with van der Waals surface area (Å²) in [6.07, 6.45) is 0. The molecule has 0 heterocycles. The highest BCUT2D eigenvalue weighted by molar-refractivity contribution is 5.94. The molecule has 2 rings (SSSR count). The van der Waals surface area contributed by atoms with E-state index >= 15 is 0 Å². The van der Waals surface area contributed by atoms with Crippen LogP contribution in [0.15, 0.2) is 48.5 Å². The van der Waals surface area contributed by atoms with Gasteiger partial charge in [-0.05, 0) is 48.5 Å². The van der Waals surface area contributed by atoms with Gasteiger partial charge in [-0.2, -0.15) is 5.26 Å². The quantitative estimate of drug-likeness (QED) is 0.647. The average Bonchev–Trinajstić information content (AvgIpc) is 2.53. The van der Waals surface area contributed by atoms with Gasteiger partial charge in [0.05, 0.1) is 18.2 Å². The number of benzene rings is 2. The third-order valence-electron chi connectivity index (χ3n) is 2.81. The van der Waals surface area contributed by atoms with E-state index in [9.17, 15) is 4.79 Å². The van der Waals surface area contributed by atoms with Crippen LogP contribution >= 0.6 is 0 Å². The molecule has 0 unspecified atom stereocenters. The Morgan fingerprint density at radius 1 is 1.14 bits per heavy atom. The first kappa shape index (κ1) is 14.4. The summed E-state index contributed by atoms with van der Waals surface area (Å²) in [5, 5.41) is 11.4. The fraction of sp³-hybridized carbons (Fsp3) is 0.125. The van der Waals surface area contributed by atoms with Crippen molar-refractivity contribution < 1.29 is 9.53 Å². The first-order valence-corrected chi connectivity index (χ1v) is 6.46. The van der Waals surface area contributed by atoms with Crippen LogP contribution in [0.25, 0.3) is 0 Å². The lowest BCUT2D eigenvalue weighted by Gasteiger charge is -2.08. The molecule has 0 aliphatic carbocycles. The smallest absolute Gasteiger partial charge is 0.251 e. The highest BCUT2D eigenvalue weighted by Crippen LogP contribution is 2.12. The van der Waals surface area contributed by atoms with Crippen molar-refractivity contribution in [3.8, 4) is 11.8 Å². The molecular formula is C16H15N3O2. The lowest BCUT2D eigenvalue weighted by molar-refractivity contribution is 0.0947. The molecule has 3 N–H and O–H groups in total. The molecule has 5 nitrogen and oxygen atoms in total. The van der Waals surface area contributed by atoms with Crippen LogP contribution in [-0.2, 0) is 0 Å². The van der Waals surface area contributed by atoms with Crippen molar-refractivity contribution in [3.63, 3.8) is 0 Å². The van der Waals surface area contributed by atoms with Gasteiger partial charge in [-0.25, -0.2) is 0 Å². The first-order chi connectivity index (χ1) is 10.2. The minimum Gasteiger partial charge on any atom is -0.492 e. The maximum Gasteiger partial charge on any atom is 0.251 e. The van der Waals surface area contributed by atoms with E-state index < -0.39 is 0 Å². The molecule has 0 aromatic heterocycles. The van der Waals surface area contributed by atoms with Gasteiger partial charge in [-0.15, -0.1) is 0 Å². The van der Waals surface area contributed by atoms with Crippen molar-refractivity contribution in [2.45, 2.75) is 0 Å². The van der Waals surface area contributed by atoms with E-state index in [1.807, 2.05) is 6.07 Å². The summed E-state index contributed by atoms with van der Waals surface area (Å²) in [6.45, 7) is 0.759. The van der Waals surface area contributed by atoms with Crippen molar-refractivity contribution in [3.05, 3.63) is 59.7 Å². The Labute approximate surface area is 123 Å². The average molecular weight is 281 g/mol. The normalized spacial score (nSPS) is 9.67. The topological polar surface area (TPSA) is 88.1 Å². The number of nitrogens with zero attached hydrogens (tertiary/aromatic N) is 1. The van der Waals surface area contributed by atoms with Gasteiger partial charge in [-0.1, -0.05) is 0 Å². The zero-order valence-electron chi connectivity index (χ0n) is 11.4. The van der Waals surface area contributed by atoms with Gasteiger partial charge in [0.1, 0.15) is 12.4 Å². The Kier molecular flexibility index (Phi) is 4.78. The summed E-state index contributed by atoms with van der Waals surface area (Å²) < 4.78 is 5.47. The van der Waals surface area contributed by atoms with E-state index in [0.29, 0.717) is 35.7 Å². The number of nitrogens with two attached hydrogens (primary N) is 1. The summed E-state index contributed by atoms with van der Waals surface area (Å²) in [5.74, 6) is 0.511. The number of ether oxygens (including phenoxy) is 1. The number of amides is 1. The van der Waals surface area contributed by atoms with E-state index in [0.717, 1.165) is 0 Å². The Morgan fingerprint density at radius 3 is 2.43 bits per heavy atom. The van der Waals surface area contributed by atoms with E-state index in [1.54, 1.807) is 48.5 Å². The molecular weight excluding hydrogens is 266 g/mol. The highest BCUT2D eigenvalue weighted by Gasteiger charge is 2.04. The number of hydrogen-bond donors (Lipinski definition) is 2. The van der Waals surface area contributed by atoms with E-state index in [1.165, 1.54) is 0 Å². The molecule has 0 fully saturated rings. The molecule has 2 aromatic carbocycles. The third-order valence-corrected chi connectivity index (χ3v) is 2.81. The zero-order chi connectivity index (χ0) is 15.1. The number of nitrogens with one attached hydrogen (secondary N) is 1. The number of carbonyl (C=O) groups excluding carboxylic acids is 1. The van der Waals surface area contributed by atoms with Crippen molar-refractivity contribution in [2.24, 2.45) is 0 Å². The SMILES string of the molecule is N#Cc1ccc(C(=O)NCCOc2ccc(N)cc2)cc1. The molecule has 0 spiro atoms. The third kappa shape index (κ3) is 4.25. The summed E-state index contributed by atoms with van der Waals surface area (Å²) in [7, 11) is 0. The van der Waals surface area contributed by atoms with Crippen LogP contribution in [0.3, 0.4) is 0 Å². The Morgan fingerprint density at radius 2 is 1.81 bits per heavy atom. The fourth-order valence-corrected chi connectivity index (χ4v) is 1.70. The summed E-state index contributed by atoms with van der Waals surface area (Å²) in [4.78, 5) is 11.8. The number of hydrogen-bond acceptors (Lipinski definition) is 4. The fourth-order valence-electron chi connectivity index (χ4n) is 1.70. The molecule has 0 aliphatic heterocycles. The Balaban J connectivity index is 1.76. The largest absolute Gasteiger partial charge is 0.492 e. The number of anilines is 1. The lowest BCUT2D eigenvalue weighted by Crippen LogP contribution is -2.28. The van der Waals surface area contributed by atoms with Crippen LogP contribution in [-0.4, -0.2) is 19.1 Å². The monoisotopic (exact) mass is 281 g/mol. The second kappa shape index (κ2) is 6.96. The van der Waals surface area contributed by atoms with Crippen LogP contribution < -0.4 is 15.8 Å². The van der Waals surface area contributed by atoms with Gasteiger partial charge >= 0.3 is 0 Å². The number of rotatable bonds is 5. The van der Waals surface area contributed by atoms with Gasteiger partial charge < -0.3 is 15.8 Å². The van der Waals surface area contributed by atoms with E-state index in [4.69, 9.17) is 15.7 Å². The molecule has 1 amide bonds. The van der Waals surface area contributed by atoms with Gasteiger partial charge in [0, 0.05) is 11.3 Å². The zero-order valence-corrected chi connectivity index (χ0v) is 11.4. The molecule has 0 saturated heterocycles. The highest BCUT2D eigenvalue weighted by atomic mass is 16.5. The van der Waals surface area contributed by atoms with Gasteiger partial charge in [-0.3, -0.25) is 4.79 Å². The number of nitriles is 1. The van der Waals surface area contributed by atoms with Crippen molar-refractivity contribution in [1.82, 2.24) is 5.32 Å². The van der Waals surface area contributed by atoms with Crippen LogP contribution in [0.1, 0.15) is 15.9 Å². The minimum atomic E-state index is -0.194. The number of carbonyl (C=O) groups is 1. The first-order valence-electron chi connectivity index (χ1n) is 6.46. The van der Waals surface area contributed by atoms with Crippen molar-refractivity contribution in [1.29, 1.82) is 5.26 Å². The van der Waals surface area contributed by atoms with Crippen LogP contribution in [0.5, 0.6) is 5.75 Å². The molecule has 106 valence electrons. The molecule has 0 bridgehead atoms. The van der Waals surface area contributed by atoms with Crippen molar-refractivity contribution >= 4 is 11.6 Å². The number of nitrogen functional groups attached to an aromatic ring is 1. The van der Waals surface area contributed by atoms with Crippen molar-refractivity contribution in [2.75, 3.05) is 18.9 Å². The molecule has 0 radical (unpaired) electrons. The maximum atomic E-state index is 11.8. The Hall–Kier alpha value is -3.00. The van der Waals surface area contributed by atoms with Crippen LogP contribution in [0.2, 0.25) is 0 Å². The molecule has 5 heteroatoms. The Bertz CT molecular complexity index is 643. The maximum absolute atomic E-state index is 11.8. The predicted molar refractivity (Wildman–Crippen MR) is 79.8 cm³/mol. The standard InChI is InChI=1S/C16H15N3O2/c17-11-12-1-3-13(4-2-12)16(20)19-9-10-21-15-7-5-14(18)6-8-15/h1-8H,9-10,18H2,(H,19,20). The second-order valence-electron chi connectivity index (χ2n) is 4.36. The molecule has 21 heavy (non-hydrogen) atoms. The molecule has 0 atom stereocenters. The minimum absolute atomic E-state index is 0.194. The summed E-state index contributed by atoms with van der Waals surface area (Å²) in [6, 6.07) is 15.5.